The van der Waals surface area contributed by atoms with Gasteiger partial charge in [-0.25, -0.2) is 4.98 Å². The summed E-state index contributed by atoms with van der Waals surface area (Å²) in [5.74, 6) is 0. The number of aliphatic hydroxyl groups excluding tert-OH is 1. The van der Waals surface area contributed by atoms with Crippen LogP contribution in [0.2, 0.25) is 0 Å². The Hall–Kier alpha value is -0.430. The molecule has 86 valence electrons. The first kappa shape index (κ1) is 12.0. The van der Waals surface area contributed by atoms with Crippen LogP contribution in [-0.2, 0) is 13.2 Å². The summed E-state index contributed by atoms with van der Waals surface area (Å²) in [6.07, 6.45) is 1.72. The molecule has 0 saturated heterocycles. The number of thiophene rings is 1. The third-order valence-electron chi connectivity index (χ3n) is 2.07. The van der Waals surface area contributed by atoms with E-state index in [0.717, 1.165) is 20.3 Å². The fraction of sp³-hybridized carbons (Fsp3) is 0.300. The molecule has 0 fully saturated rings. The summed E-state index contributed by atoms with van der Waals surface area (Å²) in [5, 5.41) is 12.0. The lowest BCUT2D eigenvalue weighted by Crippen LogP contribution is -2.15. The van der Waals surface area contributed by atoms with E-state index in [2.05, 4.69) is 37.3 Å². The number of aliphatic hydroxyl groups is 1. The lowest BCUT2D eigenvalue weighted by molar-refractivity contribution is 0.285. The Balaban J connectivity index is 2.05. The summed E-state index contributed by atoms with van der Waals surface area (Å²) in [7, 11) is 2.01. The highest BCUT2D eigenvalue weighted by Gasteiger charge is 2.08. The Bertz CT molecular complexity index is 469. The van der Waals surface area contributed by atoms with Gasteiger partial charge in [-0.2, -0.15) is 0 Å². The van der Waals surface area contributed by atoms with Gasteiger partial charge < -0.3 is 10.0 Å². The van der Waals surface area contributed by atoms with E-state index in [4.69, 9.17) is 5.11 Å². The Morgan fingerprint density at radius 3 is 2.94 bits per heavy atom. The maximum Gasteiger partial charge on any atom is 0.185 e. The average Bonchev–Trinajstić information content (AvgIpc) is 2.87. The number of hydrogen-bond acceptors (Lipinski definition) is 5. The minimum absolute atomic E-state index is 0.0650. The van der Waals surface area contributed by atoms with Crippen molar-refractivity contribution in [3.63, 3.8) is 0 Å². The van der Waals surface area contributed by atoms with Gasteiger partial charge in [-0.05, 0) is 32.9 Å². The first-order valence-corrected chi connectivity index (χ1v) is 7.17. The number of hydrogen-bond donors (Lipinski definition) is 1. The molecule has 2 heterocycles. The van der Waals surface area contributed by atoms with Crippen molar-refractivity contribution in [3.05, 3.63) is 31.9 Å². The normalized spacial score (nSPS) is 10.7. The molecule has 2 rings (SSSR count). The van der Waals surface area contributed by atoms with Crippen LogP contribution in [0.1, 0.15) is 10.4 Å². The zero-order valence-electron chi connectivity index (χ0n) is 8.68. The van der Waals surface area contributed by atoms with E-state index >= 15 is 0 Å². The number of halogens is 1. The van der Waals surface area contributed by atoms with Gasteiger partial charge in [-0.3, -0.25) is 0 Å². The summed E-state index contributed by atoms with van der Waals surface area (Å²) in [5.41, 5.74) is 1.26. The number of anilines is 1. The fourth-order valence-electron chi connectivity index (χ4n) is 1.32. The van der Waals surface area contributed by atoms with E-state index < -0.39 is 0 Å². The van der Waals surface area contributed by atoms with E-state index in [-0.39, 0.29) is 6.61 Å². The highest BCUT2D eigenvalue weighted by Crippen LogP contribution is 2.25. The molecule has 3 nitrogen and oxygen atoms in total. The summed E-state index contributed by atoms with van der Waals surface area (Å²) >= 11 is 6.66. The number of nitrogens with zero attached hydrogens (tertiary/aromatic N) is 2. The van der Waals surface area contributed by atoms with Gasteiger partial charge in [0.1, 0.15) is 0 Å². The summed E-state index contributed by atoms with van der Waals surface area (Å²) < 4.78 is 1.14. The van der Waals surface area contributed by atoms with E-state index in [1.54, 1.807) is 17.5 Å². The summed E-state index contributed by atoms with van der Waals surface area (Å²) in [4.78, 5) is 7.24. The van der Waals surface area contributed by atoms with Gasteiger partial charge >= 0.3 is 0 Å². The van der Waals surface area contributed by atoms with Gasteiger partial charge in [-0.1, -0.05) is 11.3 Å². The average molecular weight is 319 g/mol. The van der Waals surface area contributed by atoms with Gasteiger partial charge in [0.05, 0.1) is 15.3 Å². The molecule has 0 aliphatic heterocycles. The van der Waals surface area contributed by atoms with Gasteiger partial charge in [-0.15, -0.1) is 11.3 Å². The van der Waals surface area contributed by atoms with Crippen LogP contribution >= 0.6 is 38.6 Å². The molecule has 6 heteroatoms. The van der Waals surface area contributed by atoms with Crippen LogP contribution in [0.25, 0.3) is 0 Å². The molecule has 0 amide bonds. The largest absolute Gasteiger partial charge is 0.391 e. The zero-order valence-corrected chi connectivity index (χ0v) is 11.9. The van der Waals surface area contributed by atoms with Crippen LogP contribution in [0, 0.1) is 0 Å². The molecule has 0 aliphatic carbocycles. The van der Waals surface area contributed by atoms with Gasteiger partial charge in [0, 0.05) is 19.8 Å². The van der Waals surface area contributed by atoms with Crippen molar-refractivity contribution < 1.29 is 5.11 Å². The monoisotopic (exact) mass is 318 g/mol. The Labute approximate surface area is 111 Å². The second-order valence-corrected chi connectivity index (χ2v) is 6.77. The summed E-state index contributed by atoms with van der Waals surface area (Å²) in [6.45, 7) is 0.899. The zero-order chi connectivity index (χ0) is 11.5. The van der Waals surface area contributed by atoms with Gasteiger partial charge in [0.25, 0.3) is 0 Å². The fourth-order valence-corrected chi connectivity index (χ4v) is 3.25. The Morgan fingerprint density at radius 1 is 1.56 bits per heavy atom. The van der Waals surface area contributed by atoms with E-state index in [9.17, 15) is 0 Å². The molecule has 1 N–H and O–H groups in total. The Kier molecular flexibility index (Phi) is 3.96. The standard InChI is InChI=1S/C10H11BrN2OS2/c1-13(4-7-2-9(11)15-6-7)10-12-3-8(5-14)16-10/h2-3,6,14H,4-5H2,1H3. The molecule has 0 bridgehead atoms. The molecule has 0 aromatic carbocycles. The van der Waals surface area contributed by atoms with Crippen molar-refractivity contribution >= 4 is 43.7 Å². The third kappa shape index (κ3) is 2.82. The second-order valence-electron chi connectivity index (χ2n) is 3.38. The third-order valence-corrected chi connectivity index (χ3v) is 4.71. The molecular weight excluding hydrogens is 308 g/mol. The molecule has 0 unspecified atom stereocenters. The predicted molar refractivity (Wildman–Crippen MR) is 72.2 cm³/mol. The first-order valence-electron chi connectivity index (χ1n) is 4.68. The second kappa shape index (κ2) is 5.27. The molecule has 2 aromatic heterocycles. The van der Waals surface area contributed by atoms with Crippen molar-refractivity contribution in [2.75, 3.05) is 11.9 Å². The van der Waals surface area contributed by atoms with Crippen molar-refractivity contribution in [2.24, 2.45) is 0 Å². The van der Waals surface area contributed by atoms with E-state index in [1.807, 2.05) is 7.05 Å². The molecule has 0 radical (unpaired) electrons. The minimum atomic E-state index is 0.0650. The smallest absolute Gasteiger partial charge is 0.185 e. The number of aromatic nitrogens is 1. The lowest BCUT2D eigenvalue weighted by Gasteiger charge is -2.14. The highest BCUT2D eigenvalue weighted by atomic mass is 79.9. The molecule has 0 atom stereocenters. The van der Waals surface area contributed by atoms with Crippen LogP contribution in [0.15, 0.2) is 21.4 Å². The van der Waals surface area contributed by atoms with Crippen molar-refractivity contribution in [3.8, 4) is 0 Å². The van der Waals surface area contributed by atoms with Crippen molar-refractivity contribution in [2.45, 2.75) is 13.2 Å². The van der Waals surface area contributed by atoms with Crippen molar-refractivity contribution in [1.29, 1.82) is 0 Å². The Morgan fingerprint density at radius 2 is 2.38 bits per heavy atom. The molecule has 2 aromatic rings. The van der Waals surface area contributed by atoms with E-state index in [1.165, 1.54) is 16.9 Å². The molecule has 16 heavy (non-hydrogen) atoms. The van der Waals surface area contributed by atoms with Crippen LogP contribution in [0.4, 0.5) is 5.13 Å². The van der Waals surface area contributed by atoms with Crippen LogP contribution in [0.5, 0.6) is 0 Å². The molecule has 0 aliphatic rings. The number of rotatable bonds is 4. The van der Waals surface area contributed by atoms with Crippen LogP contribution in [-0.4, -0.2) is 17.1 Å². The molecule has 0 saturated carbocycles. The maximum absolute atomic E-state index is 8.97. The van der Waals surface area contributed by atoms with Crippen molar-refractivity contribution in [1.82, 2.24) is 4.98 Å². The lowest BCUT2D eigenvalue weighted by atomic mass is 10.3. The SMILES string of the molecule is CN(Cc1csc(Br)c1)c1ncc(CO)s1. The van der Waals surface area contributed by atoms with E-state index in [0.29, 0.717) is 0 Å². The summed E-state index contributed by atoms with van der Waals surface area (Å²) in [6, 6.07) is 2.11. The maximum atomic E-state index is 8.97. The topological polar surface area (TPSA) is 36.4 Å². The minimum Gasteiger partial charge on any atom is -0.391 e. The van der Waals surface area contributed by atoms with Gasteiger partial charge in [0.15, 0.2) is 5.13 Å². The highest BCUT2D eigenvalue weighted by molar-refractivity contribution is 9.11. The van der Waals surface area contributed by atoms with Crippen LogP contribution < -0.4 is 4.90 Å². The molecule has 0 spiro atoms. The number of thiazole rings is 1. The van der Waals surface area contributed by atoms with Gasteiger partial charge in [0.2, 0.25) is 0 Å². The predicted octanol–water partition coefficient (Wildman–Crippen LogP) is 3.10. The van der Waals surface area contributed by atoms with Crippen LogP contribution in [0.3, 0.4) is 0 Å². The first-order chi connectivity index (χ1) is 7.69. The quantitative estimate of drug-likeness (QED) is 0.941. The molecular formula is C10H11BrN2OS2.